The molecule has 11 heteroatoms. The number of Topliss-reactive ketones (excluding diaryl/α,β-unsaturated/α-hetero) is 1. The third-order valence-electron chi connectivity index (χ3n) is 10.2. The lowest BCUT2D eigenvalue weighted by atomic mass is 9.55. The first-order valence-corrected chi connectivity index (χ1v) is 16.0. The molecule has 0 amide bonds. The zero-order valence-electron chi connectivity index (χ0n) is 27.3. The normalized spacial score (nSPS) is 37.3. The molecule has 2 heterocycles. The van der Waals surface area contributed by atoms with Crippen molar-refractivity contribution in [2.75, 3.05) is 6.61 Å². The highest BCUT2D eigenvalue weighted by Crippen LogP contribution is 2.67. The fourth-order valence-corrected chi connectivity index (χ4v) is 8.50. The molecule has 10 atom stereocenters. The maximum Gasteiger partial charge on any atom is 0.340 e. The van der Waals surface area contributed by atoms with Crippen molar-refractivity contribution in [2.24, 2.45) is 29.1 Å². The van der Waals surface area contributed by atoms with E-state index in [0.29, 0.717) is 12.0 Å². The summed E-state index contributed by atoms with van der Waals surface area (Å²) < 4.78 is 31.3. The summed E-state index contributed by atoms with van der Waals surface area (Å²) in [7, 11) is 0. The Bertz CT molecular complexity index is 1460. The smallest absolute Gasteiger partial charge is 0.340 e. The van der Waals surface area contributed by atoms with E-state index in [4.69, 9.17) is 23.7 Å². The first-order valence-electron chi connectivity index (χ1n) is 16.0. The van der Waals surface area contributed by atoms with Crippen LogP contribution < -0.4 is 0 Å². The van der Waals surface area contributed by atoms with Gasteiger partial charge in [-0.3, -0.25) is 24.2 Å². The standard InChI is InChI=1S/C35H43NO10/c1-8-11-26(39)45-30-27-28(44-25(38)9-2)20(5)16-35(27,46-21(6)37)32(41)33(7)29-23(19(3)4)13-14-24(34(29,30)18-42-33)43-31(40)22-12-10-15-36-17-22/h10,12-15,17,20,23-24,27-30H,3,8-9,11,16,18H2,1-2,4-7H3/t20-,23+,24+,27-,28-,29-,30+,33-,34-,35+/m0/s1. The number of carbonyl (C=O) groups excluding carboxylic acids is 5. The van der Waals surface area contributed by atoms with E-state index in [-0.39, 0.29) is 31.4 Å². The van der Waals surface area contributed by atoms with Crippen molar-refractivity contribution in [3.63, 3.8) is 0 Å². The zero-order valence-corrected chi connectivity index (χ0v) is 27.3. The fourth-order valence-electron chi connectivity index (χ4n) is 8.50. The molecular formula is C35H43NO10. The minimum Gasteiger partial charge on any atom is -0.461 e. The highest BCUT2D eigenvalue weighted by Gasteiger charge is 2.81. The molecule has 5 rings (SSSR count). The first kappa shape index (κ1) is 33.5. The molecule has 1 aliphatic heterocycles. The predicted molar refractivity (Wildman–Crippen MR) is 163 cm³/mol. The van der Waals surface area contributed by atoms with Crippen LogP contribution in [0.3, 0.4) is 0 Å². The molecule has 11 nitrogen and oxygen atoms in total. The highest BCUT2D eigenvalue weighted by atomic mass is 16.6. The second-order valence-electron chi connectivity index (χ2n) is 13.3. The maximum atomic E-state index is 15.2. The lowest BCUT2D eigenvalue weighted by Gasteiger charge is -2.51. The molecule has 0 spiro atoms. The number of allylic oxidation sites excluding steroid dienone is 2. The Morgan fingerprint density at radius 2 is 1.83 bits per heavy atom. The predicted octanol–water partition coefficient (Wildman–Crippen LogP) is 4.33. The molecule has 248 valence electrons. The van der Waals surface area contributed by atoms with E-state index >= 15 is 4.79 Å². The lowest BCUT2D eigenvalue weighted by Crippen LogP contribution is -2.62. The summed E-state index contributed by atoms with van der Waals surface area (Å²) >= 11 is 0. The number of fused-ring (bicyclic) bond motifs is 1. The third kappa shape index (κ3) is 5.16. The Labute approximate surface area is 269 Å². The Balaban J connectivity index is 1.81. The van der Waals surface area contributed by atoms with Crippen molar-refractivity contribution in [1.82, 2.24) is 4.98 Å². The molecule has 2 saturated carbocycles. The van der Waals surface area contributed by atoms with Gasteiger partial charge in [0.25, 0.3) is 0 Å². The molecule has 2 bridgehead atoms. The molecule has 0 unspecified atom stereocenters. The van der Waals surface area contributed by atoms with Crippen molar-refractivity contribution >= 4 is 29.7 Å². The van der Waals surface area contributed by atoms with Gasteiger partial charge in [0.05, 0.1) is 23.5 Å². The Morgan fingerprint density at radius 1 is 1.09 bits per heavy atom. The summed E-state index contributed by atoms with van der Waals surface area (Å²) in [4.78, 5) is 72.1. The number of nitrogens with zero attached hydrogens (tertiary/aromatic N) is 1. The van der Waals surface area contributed by atoms with Crippen LogP contribution in [0, 0.1) is 29.1 Å². The van der Waals surface area contributed by atoms with Gasteiger partial charge in [0, 0.05) is 50.4 Å². The van der Waals surface area contributed by atoms with Crippen molar-refractivity contribution in [3.8, 4) is 0 Å². The average Bonchev–Trinajstić information content (AvgIpc) is 3.46. The van der Waals surface area contributed by atoms with Crippen molar-refractivity contribution in [3.05, 3.63) is 54.4 Å². The summed E-state index contributed by atoms with van der Waals surface area (Å²) in [6.45, 7) is 14.1. The molecular weight excluding hydrogens is 594 g/mol. The summed E-state index contributed by atoms with van der Waals surface area (Å²) in [5.41, 5.74) is -3.94. The number of hydrogen-bond acceptors (Lipinski definition) is 11. The molecule has 1 aromatic rings. The molecule has 3 aliphatic carbocycles. The van der Waals surface area contributed by atoms with Crippen LogP contribution in [-0.2, 0) is 42.9 Å². The Hall–Kier alpha value is -3.86. The van der Waals surface area contributed by atoms with Crippen molar-refractivity contribution in [2.45, 2.75) is 96.7 Å². The molecule has 1 saturated heterocycles. The van der Waals surface area contributed by atoms with E-state index in [1.807, 2.05) is 26.8 Å². The minimum absolute atomic E-state index is 0.00657. The second kappa shape index (κ2) is 12.4. The number of hydrogen-bond donors (Lipinski definition) is 0. The van der Waals surface area contributed by atoms with Crippen molar-refractivity contribution < 1.29 is 47.7 Å². The Morgan fingerprint density at radius 3 is 2.43 bits per heavy atom. The van der Waals surface area contributed by atoms with Gasteiger partial charge in [-0.15, -0.1) is 0 Å². The number of pyridine rings is 1. The van der Waals surface area contributed by atoms with Crippen LogP contribution in [0.5, 0.6) is 0 Å². The number of aromatic nitrogens is 1. The molecule has 3 fully saturated rings. The molecule has 0 N–H and O–H groups in total. The van der Waals surface area contributed by atoms with E-state index in [1.165, 1.54) is 19.3 Å². The number of rotatable bonds is 9. The first-order chi connectivity index (χ1) is 21.8. The van der Waals surface area contributed by atoms with Crippen molar-refractivity contribution in [1.29, 1.82) is 0 Å². The fraction of sp³-hybridized carbons (Fsp3) is 0.600. The molecule has 0 radical (unpaired) electrons. The number of esters is 4. The largest absolute Gasteiger partial charge is 0.461 e. The van der Waals surface area contributed by atoms with E-state index in [0.717, 1.165) is 0 Å². The van der Waals surface area contributed by atoms with Gasteiger partial charge < -0.3 is 23.7 Å². The average molecular weight is 638 g/mol. The van der Waals surface area contributed by atoms with Crippen LogP contribution in [0.4, 0.5) is 0 Å². The minimum atomic E-state index is -1.88. The number of ketones is 1. The van der Waals surface area contributed by atoms with Gasteiger partial charge in [0.1, 0.15) is 23.9 Å². The summed E-state index contributed by atoms with van der Waals surface area (Å²) in [5.74, 6) is -5.82. The third-order valence-corrected chi connectivity index (χ3v) is 10.2. The van der Waals surface area contributed by atoms with Crippen LogP contribution in [-0.4, -0.2) is 70.8 Å². The monoisotopic (exact) mass is 637 g/mol. The van der Waals surface area contributed by atoms with Crippen LogP contribution in [0.2, 0.25) is 0 Å². The summed E-state index contributed by atoms with van der Waals surface area (Å²) in [6, 6.07) is 3.18. The topological polar surface area (TPSA) is 144 Å². The van der Waals surface area contributed by atoms with Gasteiger partial charge in [-0.2, -0.15) is 0 Å². The summed E-state index contributed by atoms with van der Waals surface area (Å²) in [6.07, 6.45) is 3.81. The lowest BCUT2D eigenvalue weighted by molar-refractivity contribution is -0.210. The van der Waals surface area contributed by atoms with Crippen LogP contribution >= 0.6 is 0 Å². The maximum absolute atomic E-state index is 15.2. The van der Waals surface area contributed by atoms with Gasteiger partial charge in [0.15, 0.2) is 5.60 Å². The van der Waals surface area contributed by atoms with Crippen LogP contribution in [0.1, 0.15) is 77.6 Å². The van der Waals surface area contributed by atoms with Gasteiger partial charge in [0.2, 0.25) is 5.78 Å². The SMILES string of the molecule is C=C(C)[C@H]1C=C[C@@H](OC(=O)c2cccnc2)[C@]23CO[C@](C)(C(=O)[C@@]4(OC(C)=O)C[C@H](C)[C@H](OC(=O)CC)[C@H]4[C@H]2OC(=O)CCC)[C@H]13. The molecule has 4 aliphatic rings. The highest BCUT2D eigenvalue weighted by molar-refractivity contribution is 5.98. The van der Waals surface area contributed by atoms with E-state index in [1.54, 1.807) is 32.1 Å². The quantitative estimate of drug-likeness (QED) is 0.217. The van der Waals surface area contributed by atoms with Gasteiger partial charge in [-0.05, 0) is 44.4 Å². The van der Waals surface area contributed by atoms with E-state index in [2.05, 4.69) is 11.6 Å². The molecule has 0 aromatic carbocycles. The van der Waals surface area contributed by atoms with Gasteiger partial charge in [-0.1, -0.05) is 39.0 Å². The van der Waals surface area contributed by atoms with Crippen LogP contribution in [0.25, 0.3) is 0 Å². The second-order valence-corrected chi connectivity index (χ2v) is 13.3. The number of ether oxygens (including phenoxy) is 5. The van der Waals surface area contributed by atoms with Gasteiger partial charge >= 0.3 is 23.9 Å². The van der Waals surface area contributed by atoms with Crippen LogP contribution in [0.15, 0.2) is 48.8 Å². The summed E-state index contributed by atoms with van der Waals surface area (Å²) in [5, 5.41) is 0. The molecule has 1 aromatic heterocycles. The van der Waals surface area contributed by atoms with Gasteiger partial charge in [-0.25, -0.2) is 4.79 Å². The Kier molecular flexibility index (Phi) is 9.02. The van der Waals surface area contributed by atoms with E-state index < -0.39 is 88.3 Å². The number of carbonyl (C=O) groups is 5. The zero-order chi connectivity index (χ0) is 33.6. The molecule has 46 heavy (non-hydrogen) atoms. The van der Waals surface area contributed by atoms with E-state index in [9.17, 15) is 19.2 Å².